The summed E-state index contributed by atoms with van der Waals surface area (Å²) in [4.78, 5) is 0. The zero-order valence-electron chi connectivity index (χ0n) is 31.0. The van der Waals surface area contributed by atoms with Crippen LogP contribution in [-0.2, 0) is 12.3 Å². The monoisotopic (exact) mass is 886 g/mol. The molecule has 0 aliphatic rings. The van der Waals surface area contributed by atoms with Gasteiger partial charge in [0, 0.05) is 0 Å². The Morgan fingerprint density at radius 1 is 0.250 bits per heavy atom. The molecule has 0 amide bonds. The van der Waals surface area contributed by atoms with Gasteiger partial charge in [0.2, 0.25) is 0 Å². The number of rotatable bonds is 10. The summed E-state index contributed by atoms with van der Waals surface area (Å²) in [5.74, 6) is 0. The van der Waals surface area contributed by atoms with E-state index in [0.29, 0.717) is 0 Å². The molecule has 0 saturated carbocycles. The van der Waals surface area contributed by atoms with E-state index in [1.54, 1.807) is 0 Å². The van der Waals surface area contributed by atoms with Crippen LogP contribution in [0.4, 0.5) is 0 Å². The summed E-state index contributed by atoms with van der Waals surface area (Å²) in [6.45, 7) is 0. The van der Waals surface area contributed by atoms with E-state index >= 15 is 0 Å². The zero-order valence-corrected chi connectivity index (χ0v) is 36.0. The first kappa shape index (κ1) is 39.6. The van der Waals surface area contributed by atoms with Gasteiger partial charge in [0.25, 0.3) is 0 Å². The van der Waals surface area contributed by atoms with Gasteiger partial charge >= 0.3 is 0 Å². The highest BCUT2D eigenvalue weighted by Gasteiger charge is 2.46. The quantitative estimate of drug-likeness (QED) is 0.134. The van der Waals surface area contributed by atoms with Gasteiger partial charge in [-0.2, -0.15) is 0 Å². The maximum absolute atomic E-state index is 2.45. The van der Waals surface area contributed by atoms with Crippen LogP contribution >= 0.6 is 14.5 Å². The summed E-state index contributed by atoms with van der Waals surface area (Å²) >= 11 is 0. The summed E-state index contributed by atoms with van der Waals surface area (Å²) in [6, 6.07) is 86.3. The molecule has 4 heteroatoms. The minimum Gasteiger partial charge on any atom is -1.00 e. The van der Waals surface area contributed by atoms with Crippen molar-refractivity contribution in [1.82, 2.24) is 0 Å². The molecule has 56 heavy (non-hydrogen) atoms. The zero-order chi connectivity index (χ0) is 36.2. The van der Waals surface area contributed by atoms with Crippen LogP contribution in [0.15, 0.2) is 231 Å². The number of hydrogen-bond donors (Lipinski definition) is 0. The fourth-order valence-corrected chi connectivity index (χ4v) is 16.9. The first-order chi connectivity index (χ1) is 26.7. The van der Waals surface area contributed by atoms with Gasteiger partial charge in [-0.1, -0.05) is 146 Å². The number of fused-ring (bicyclic) bond motifs is 3. The van der Waals surface area contributed by atoms with Gasteiger partial charge in [-0.05, 0) is 118 Å². The van der Waals surface area contributed by atoms with Crippen LogP contribution in [0, 0.1) is 0 Å². The second kappa shape index (κ2) is 17.6. The summed E-state index contributed by atoms with van der Waals surface area (Å²) < 4.78 is 0. The molecule has 9 aromatic carbocycles. The Labute approximate surface area is 353 Å². The van der Waals surface area contributed by atoms with Crippen molar-refractivity contribution in [3.63, 3.8) is 0 Å². The SMILES string of the molecule is [Br-].[Br-].c1ccc([P+](Cc2ccc3c(ccc4cc(C[P+](c5ccccc5)(c5ccccc5)c5ccccc5)ccc43)c2)(c2ccccc2)c2ccccc2)cc1. The third-order valence-electron chi connectivity index (χ3n) is 11.0. The third-order valence-corrected chi connectivity index (χ3v) is 19.7. The van der Waals surface area contributed by atoms with E-state index in [0.717, 1.165) is 12.3 Å². The lowest BCUT2D eigenvalue weighted by Crippen LogP contribution is -3.00. The van der Waals surface area contributed by atoms with Crippen molar-refractivity contribution < 1.29 is 34.0 Å². The smallest absolute Gasteiger partial charge is 0.116 e. The van der Waals surface area contributed by atoms with Crippen LogP contribution in [0.5, 0.6) is 0 Å². The van der Waals surface area contributed by atoms with Gasteiger partial charge in [0.15, 0.2) is 0 Å². The Morgan fingerprint density at radius 2 is 0.482 bits per heavy atom. The number of halogens is 2. The molecule has 0 unspecified atom stereocenters. The normalized spacial score (nSPS) is 11.4. The molecule has 0 atom stereocenters. The predicted molar refractivity (Wildman–Crippen MR) is 239 cm³/mol. The van der Waals surface area contributed by atoms with Gasteiger partial charge in [-0.3, -0.25) is 0 Å². The molecular formula is C52H42Br2P2. The van der Waals surface area contributed by atoms with Crippen molar-refractivity contribution >= 4 is 67.9 Å². The average Bonchev–Trinajstić information content (AvgIpc) is 3.26. The third kappa shape index (κ3) is 7.45. The lowest BCUT2D eigenvalue weighted by Gasteiger charge is -2.28. The van der Waals surface area contributed by atoms with E-state index in [-0.39, 0.29) is 34.0 Å². The minimum absolute atomic E-state index is 0. The fraction of sp³-hybridized carbons (Fsp3) is 0.0385. The second-order valence-corrected chi connectivity index (χ2v) is 21.1. The van der Waals surface area contributed by atoms with E-state index in [1.165, 1.54) is 64.5 Å². The molecule has 0 aliphatic heterocycles. The summed E-state index contributed by atoms with van der Waals surface area (Å²) in [6.07, 6.45) is 1.92. The standard InChI is InChI=1S/C52H42P2.2BrH/c1-7-19-45(20-8-1)53(46-21-9-2-10-22-46,47-23-11-3-12-24-47)39-41-31-35-51-43(37-41)33-34-44-38-42(32-36-52(44)51)40-54(48-25-13-4-14-26-48,49-27-15-5-16-28-49)50-29-17-6-18-30-50;;/h1-38H,39-40H2;2*1H/q+2;;/p-2. The first-order valence-electron chi connectivity index (χ1n) is 18.8. The van der Waals surface area contributed by atoms with Crippen LogP contribution in [0.1, 0.15) is 11.1 Å². The highest BCUT2D eigenvalue weighted by Crippen LogP contribution is 2.59. The van der Waals surface area contributed by atoms with Crippen LogP contribution in [0.25, 0.3) is 21.5 Å². The molecule has 0 fully saturated rings. The molecule has 0 aromatic heterocycles. The fourth-order valence-electron chi connectivity index (χ4n) is 8.45. The lowest BCUT2D eigenvalue weighted by molar-refractivity contribution is -0.001000. The molecule has 9 rings (SSSR count). The van der Waals surface area contributed by atoms with E-state index in [1.807, 2.05) is 0 Å². The van der Waals surface area contributed by atoms with E-state index in [2.05, 4.69) is 231 Å². The van der Waals surface area contributed by atoms with Crippen LogP contribution < -0.4 is 65.8 Å². The Morgan fingerprint density at radius 3 is 0.714 bits per heavy atom. The number of hydrogen-bond acceptors (Lipinski definition) is 0. The summed E-state index contributed by atoms with van der Waals surface area (Å²) in [5.41, 5.74) is 2.73. The molecule has 0 bridgehead atoms. The largest absolute Gasteiger partial charge is 1.00 e. The first-order valence-corrected chi connectivity index (χ1v) is 22.7. The topological polar surface area (TPSA) is 0 Å². The van der Waals surface area contributed by atoms with Crippen LogP contribution in [0.3, 0.4) is 0 Å². The molecule has 274 valence electrons. The maximum Gasteiger partial charge on any atom is 0.116 e. The van der Waals surface area contributed by atoms with Crippen LogP contribution in [0.2, 0.25) is 0 Å². The van der Waals surface area contributed by atoms with Crippen molar-refractivity contribution in [2.45, 2.75) is 12.3 Å². The number of benzene rings is 9. The summed E-state index contributed by atoms with van der Waals surface area (Å²) in [5, 5.41) is 13.7. The molecule has 0 nitrogen and oxygen atoms in total. The molecule has 0 heterocycles. The van der Waals surface area contributed by atoms with Gasteiger partial charge < -0.3 is 34.0 Å². The van der Waals surface area contributed by atoms with Gasteiger partial charge in [0.1, 0.15) is 46.4 Å². The van der Waals surface area contributed by atoms with Crippen molar-refractivity contribution in [2.75, 3.05) is 0 Å². The molecule has 0 N–H and O–H groups in total. The second-order valence-electron chi connectivity index (χ2n) is 14.1. The molecule has 0 aliphatic carbocycles. The molecule has 0 saturated heterocycles. The van der Waals surface area contributed by atoms with Gasteiger partial charge in [-0.15, -0.1) is 0 Å². The Balaban J connectivity index is 0.00000240. The Bertz CT molecular complexity index is 2260. The van der Waals surface area contributed by atoms with Crippen molar-refractivity contribution in [3.05, 3.63) is 242 Å². The van der Waals surface area contributed by atoms with Gasteiger partial charge in [-0.25, -0.2) is 0 Å². The molecular weight excluding hydrogens is 846 g/mol. The van der Waals surface area contributed by atoms with Crippen molar-refractivity contribution in [3.8, 4) is 0 Å². The Kier molecular flexibility index (Phi) is 12.5. The van der Waals surface area contributed by atoms with Crippen molar-refractivity contribution in [2.24, 2.45) is 0 Å². The summed E-state index contributed by atoms with van der Waals surface area (Å²) in [7, 11) is -4.00. The van der Waals surface area contributed by atoms with Crippen LogP contribution in [-0.4, -0.2) is 0 Å². The maximum atomic E-state index is 2.45. The molecule has 9 aromatic rings. The minimum atomic E-state index is -2.00. The van der Waals surface area contributed by atoms with E-state index < -0.39 is 14.5 Å². The molecule has 0 radical (unpaired) electrons. The van der Waals surface area contributed by atoms with E-state index in [4.69, 9.17) is 0 Å². The molecule has 0 spiro atoms. The lowest BCUT2D eigenvalue weighted by atomic mass is 9.99. The highest BCUT2D eigenvalue weighted by molar-refractivity contribution is 7.95. The van der Waals surface area contributed by atoms with Gasteiger partial charge in [0.05, 0.1) is 12.3 Å². The average molecular weight is 889 g/mol. The predicted octanol–water partition coefficient (Wildman–Crippen LogP) is 4.99. The van der Waals surface area contributed by atoms with E-state index in [9.17, 15) is 0 Å². The highest BCUT2D eigenvalue weighted by atomic mass is 79.9. The Hall–Kier alpha value is -4.68. The van der Waals surface area contributed by atoms with Crippen molar-refractivity contribution in [1.29, 1.82) is 0 Å².